The Morgan fingerprint density at radius 2 is 1.59 bits per heavy atom. The zero-order valence-electron chi connectivity index (χ0n) is 15.7. The number of hydrogen-bond donors (Lipinski definition) is 2. The van der Waals surface area contributed by atoms with E-state index in [-0.39, 0.29) is 24.2 Å². The Bertz CT molecular complexity index is 648. The molecule has 0 aromatic heterocycles. The van der Waals surface area contributed by atoms with Crippen molar-refractivity contribution < 1.29 is 19.8 Å². The molecule has 7 nitrogen and oxygen atoms in total. The van der Waals surface area contributed by atoms with Gasteiger partial charge in [-0.2, -0.15) is 0 Å². The van der Waals surface area contributed by atoms with Gasteiger partial charge in [0.2, 0.25) is 0 Å². The van der Waals surface area contributed by atoms with Gasteiger partial charge in [-0.05, 0) is 38.1 Å². The standard InChI is InChI=1S/C19H27N3O4.ClH/c1-3-20(4-2)11-12-21-16(23)10-9-15(19(21)26)22-17(24)13-7-5-6-8-14(13)18(22)25;/h5-8,15-16,19,23,26H,3-4,9-12H2,1-2H3;1H. The van der Waals surface area contributed by atoms with Crippen LogP contribution in [0.5, 0.6) is 0 Å². The van der Waals surface area contributed by atoms with Crippen LogP contribution in [0.25, 0.3) is 0 Å². The largest absolute Gasteiger partial charge is 0.378 e. The smallest absolute Gasteiger partial charge is 0.261 e. The van der Waals surface area contributed by atoms with Gasteiger partial charge < -0.3 is 15.1 Å². The molecule has 0 spiro atoms. The van der Waals surface area contributed by atoms with Crippen LogP contribution in [0.4, 0.5) is 0 Å². The van der Waals surface area contributed by atoms with E-state index < -0.39 is 18.5 Å². The predicted molar refractivity (Wildman–Crippen MR) is 104 cm³/mol. The number of carbonyl (C=O) groups excluding carboxylic acids is 2. The zero-order valence-corrected chi connectivity index (χ0v) is 16.6. The molecule has 3 rings (SSSR count). The molecule has 1 aromatic carbocycles. The molecule has 1 aromatic rings. The minimum Gasteiger partial charge on any atom is -0.378 e. The van der Waals surface area contributed by atoms with Crippen LogP contribution < -0.4 is 0 Å². The molecule has 3 unspecified atom stereocenters. The molecule has 2 heterocycles. The second-order valence-corrected chi connectivity index (χ2v) is 6.83. The Balaban J connectivity index is 0.00000261. The van der Waals surface area contributed by atoms with Crippen molar-refractivity contribution >= 4 is 24.2 Å². The van der Waals surface area contributed by atoms with Gasteiger partial charge in [-0.25, -0.2) is 4.90 Å². The lowest BCUT2D eigenvalue weighted by atomic mass is 10.00. The van der Waals surface area contributed by atoms with E-state index in [2.05, 4.69) is 18.7 Å². The van der Waals surface area contributed by atoms with Gasteiger partial charge in [-0.1, -0.05) is 26.0 Å². The van der Waals surface area contributed by atoms with Crippen LogP contribution in [0.3, 0.4) is 0 Å². The lowest BCUT2D eigenvalue weighted by Crippen LogP contribution is -2.61. The van der Waals surface area contributed by atoms with Crippen molar-refractivity contribution in [2.75, 3.05) is 26.2 Å². The van der Waals surface area contributed by atoms with E-state index in [0.29, 0.717) is 37.1 Å². The van der Waals surface area contributed by atoms with Gasteiger partial charge in [0.25, 0.3) is 11.8 Å². The number of likely N-dealkylation sites (tertiary alicyclic amines) is 1. The van der Waals surface area contributed by atoms with Crippen molar-refractivity contribution in [3.8, 4) is 0 Å². The number of piperidine rings is 1. The van der Waals surface area contributed by atoms with E-state index in [1.54, 1.807) is 29.2 Å². The number of aliphatic hydroxyl groups excluding tert-OH is 2. The van der Waals surface area contributed by atoms with Crippen LogP contribution in [0, 0.1) is 0 Å². The SMILES string of the molecule is CCN(CC)CCN1C(O)CCC(N2C(=O)c3ccccc3C2=O)C1O.Cl. The fourth-order valence-corrected chi connectivity index (χ4v) is 3.88. The van der Waals surface area contributed by atoms with Crippen LogP contribution in [-0.2, 0) is 0 Å². The van der Waals surface area contributed by atoms with Gasteiger partial charge in [0.05, 0.1) is 17.2 Å². The summed E-state index contributed by atoms with van der Waals surface area (Å²) in [5.74, 6) is -0.732. The van der Waals surface area contributed by atoms with Crippen LogP contribution in [-0.4, -0.2) is 81.4 Å². The molecule has 3 atom stereocenters. The molecule has 0 bridgehead atoms. The van der Waals surface area contributed by atoms with Crippen molar-refractivity contribution in [2.45, 2.75) is 45.2 Å². The molecule has 0 aliphatic carbocycles. The third-order valence-electron chi connectivity index (χ3n) is 5.51. The van der Waals surface area contributed by atoms with Crippen LogP contribution in [0.15, 0.2) is 24.3 Å². The Morgan fingerprint density at radius 3 is 2.11 bits per heavy atom. The van der Waals surface area contributed by atoms with Crippen molar-refractivity contribution in [2.24, 2.45) is 0 Å². The molecule has 150 valence electrons. The Labute approximate surface area is 166 Å². The predicted octanol–water partition coefficient (Wildman–Crippen LogP) is 1.15. The summed E-state index contributed by atoms with van der Waals surface area (Å²) < 4.78 is 0. The van der Waals surface area contributed by atoms with E-state index in [9.17, 15) is 19.8 Å². The monoisotopic (exact) mass is 397 g/mol. The quantitative estimate of drug-likeness (QED) is 0.700. The van der Waals surface area contributed by atoms with E-state index in [1.165, 1.54) is 4.90 Å². The number of aliphatic hydroxyl groups is 2. The molecule has 2 aliphatic rings. The minimum absolute atomic E-state index is 0. The highest BCUT2D eigenvalue weighted by Crippen LogP contribution is 2.31. The van der Waals surface area contributed by atoms with Gasteiger partial charge in [-0.3, -0.25) is 14.5 Å². The molecule has 27 heavy (non-hydrogen) atoms. The molecule has 0 saturated carbocycles. The number of rotatable bonds is 6. The lowest BCUT2D eigenvalue weighted by molar-refractivity contribution is -0.156. The molecular formula is C19H28ClN3O4. The third kappa shape index (κ3) is 4.02. The first-order valence-corrected chi connectivity index (χ1v) is 9.30. The summed E-state index contributed by atoms with van der Waals surface area (Å²) in [6.45, 7) is 7.08. The molecule has 1 fully saturated rings. The van der Waals surface area contributed by atoms with Crippen molar-refractivity contribution in [3.05, 3.63) is 35.4 Å². The number of imide groups is 1. The summed E-state index contributed by atoms with van der Waals surface area (Å²) in [6, 6.07) is 6.08. The average Bonchev–Trinajstić information content (AvgIpc) is 2.90. The summed E-state index contributed by atoms with van der Waals surface area (Å²) in [7, 11) is 0. The first-order chi connectivity index (χ1) is 12.5. The zero-order chi connectivity index (χ0) is 18.8. The van der Waals surface area contributed by atoms with Crippen molar-refractivity contribution in [3.63, 3.8) is 0 Å². The second-order valence-electron chi connectivity index (χ2n) is 6.83. The van der Waals surface area contributed by atoms with Gasteiger partial charge in [0, 0.05) is 13.1 Å². The van der Waals surface area contributed by atoms with Crippen LogP contribution >= 0.6 is 12.4 Å². The first kappa shape index (κ1) is 21.8. The molecular weight excluding hydrogens is 370 g/mol. The maximum atomic E-state index is 12.7. The topological polar surface area (TPSA) is 84.3 Å². The number of halogens is 1. The Kier molecular flexibility index (Phi) is 7.36. The van der Waals surface area contributed by atoms with E-state index in [0.717, 1.165) is 13.1 Å². The fraction of sp³-hybridized carbons (Fsp3) is 0.579. The number of nitrogens with zero attached hydrogens (tertiary/aromatic N) is 3. The summed E-state index contributed by atoms with van der Waals surface area (Å²) in [5.41, 5.74) is 0.760. The van der Waals surface area contributed by atoms with Gasteiger partial charge >= 0.3 is 0 Å². The lowest BCUT2D eigenvalue weighted by Gasteiger charge is -2.44. The second kappa shape index (κ2) is 9.12. The van der Waals surface area contributed by atoms with Crippen molar-refractivity contribution in [1.82, 2.24) is 14.7 Å². The fourth-order valence-electron chi connectivity index (χ4n) is 3.88. The summed E-state index contributed by atoms with van der Waals surface area (Å²) >= 11 is 0. The normalized spacial score (nSPS) is 25.7. The number of likely N-dealkylation sites (N-methyl/N-ethyl adjacent to an activating group) is 1. The highest BCUT2D eigenvalue weighted by molar-refractivity contribution is 6.21. The number of hydrogen-bond acceptors (Lipinski definition) is 6. The number of fused-ring (bicyclic) bond motifs is 1. The van der Waals surface area contributed by atoms with E-state index >= 15 is 0 Å². The molecule has 2 N–H and O–H groups in total. The van der Waals surface area contributed by atoms with Gasteiger partial charge in [0.15, 0.2) is 0 Å². The molecule has 2 amide bonds. The number of amides is 2. The third-order valence-corrected chi connectivity index (χ3v) is 5.51. The summed E-state index contributed by atoms with van der Waals surface area (Å²) in [4.78, 5) is 30.4. The summed E-state index contributed by atoms with van der Waals surface area (Å²) in [5, 5.41) is 21.2. The first-order valence-electron chi connectivity index (χ1n) is 9.30. The number of benzene rings is 1. The Morgan fingerprint density at radius 1 is 1.04 bits per heavy atom. The molecule has 8 heteroatoms. The maximum absolute atomic E-state index is 12.7. The van der Waals surface area contributed by atoms with Gasteiger partial charge in [0.1, 0.15) is 12.5 Å². The number of carbonyl (C=O) groups is 2. The van der Waals surface area contributed by atoms with E-state index in [4.69, 9.17) is 0 Å². The Hall–Kier alpha value is -1.51. The maximum Gasteiger partial charge on any atom is 0.261 e. The highest BCUT2D eigenvalue weighted by atomic mass is 35.5. The minimum atomic E-state index is -1.07. The average molecular weight is 398 g/mol. The summed E-state index contributed by atoms with van der Waals surface area (Å²) in [6.07, 6.45) is -1.05. The highest BCUT2D eigenvalue weighted by Gasteiger charge is 2.46. The van der Waals surface area contributed by atoms with Crippen LogP contribution in [0.1, 0.15) is 47.4 Å². The van der Waals surface area contributed by atoms with E-state index in [1.807, 2.05) is 0 Å². The molecule has 0 radical (unpaired) electrons. The molecule has 2 aliphatic heterocycles. The molecule has 1 saturated heterocycles. The van der Waals surface area contributed by atoms with Gasteiger partial charge in [-0.15, -0.1) is 12.4 Å². The van der Waals surface area contributed by atoms with Crippen molar-refractivity contribution in [1.29, 1.82) is 0 Å². The van der Waals surface area contributed by atoms with Crippen LogP contribution in [0.2, 0.25) is 0 Å².